The number of benzene rings is 1. The molecule has 6 nitrogen and oxygen atoms in total. The molecule has 1 aliphatic rings. The minimum absolute atomic E-state index is 0.0657. The van der Waals surface area contributed by atoms with Gasteiger partial charge < -0.3 is 10.2 Å². The Labute approximate surface area is 150 Å². The molecular formula is C20H16N4O2. The molecule has 2 aromatic heterocycles. The van der Waals surface area contributed by atoms with E-state index < -0.39 is 0 Å². The summed E-state index contributed by atoms with van der Waals surface area (Å²) >= 11 is 0. The lowest BCUT2D eigenvalue weighted by atomic mass is 10.1. The van der Waals surface area contributed by atoms with Crippen LogP contribution < -0.4 is 10.2 Å². The highest BCUT2D eigenvalue weighted by atomic mass is 16.2. The lowest BCUT2D eigenvalue weighted by Crippen LogP contribution is -2.28. The molecule has 0 saturated heterocycles. The number of anilines is 2. The zero-order chi connectivity index (χ0) is 17.9. The van der Waals surface area contributed by atoms with Crippen molar-refractivity contribution in [3.63, 3.8) is 0 Å². The van der Waals surface area contributed by atoms with Gasteiger partial charge in [-0.1, -0.05) is 0 Å². The standard InChI is InChI=1S/C20H16N4O2/c25-19(15-3-1-8-21-12-15)23-17-5-6-18-14(11-17)7-10-24(18)20(26)16-4-2-9-22-13-16/h1-6,8-9,11-13H,7,10H2,(H,23,25). The van der Waals surface area contributed by atoms with Crippen LogP contribution in [0, 0.1) is 0 Å². The van der Waals surface area contributed by atoms with Gasteiger partial charge in [-0.05, 0) is 54.4 Å². The summed E-state index contributed by atoms with van der Waals surface area (Å²) in [6.07, 6.45) is 7.11. The predicted molar refractivity (Wildman–Crippen MR) is 98.2 cm³/mol. The Morgan fingerprint density at radius 3 is 2.38 bits per heavy atom. The Hall–Kier alpha value is -3.54. The van der Waals surface area contributed by atoms with Crippen LogP contribution in [-0.2, 0) is 6.42 Å². The van der Waals surface area contributed by atoms with Crippen LogP contribution in [0.5, 0.6) is 0 Å². The molecule has 4 rings (SSSR count). The second-order valence-corrected chi connectivity index (χ2v) is 5.99. The first kappa shape index (κ1) is 16.0. The summed E-state index contributed by atoms with van der Waals surface area (Å²) in [6.45, 7) is 0.614. The summed E-state index contributed by atoms with van der Waals surface area (Å²) in [5.41, 5.74) is 3.67. The Balaban J connectivity index is 1.53. The van der Waals surface area contributed by atoms with Crippen LogP contribution in [0.4, 0.5) is 11.4 Å². The van der Waals surface area contributed by atoms with E-state index in [9.17, 15) is 9.59 Å². The first-order valence-corrected chi connectivity index (χ1v) is 8.28. The van der Waals surface area contributed by atoms with Gasteiger partial charge >= 0.3 is 0 Å². The molecule has 0 saturated carbocycles. The first-order valence-electron chi connectivity index (χ1n) is 8.28. The van der Waals surface area contributed by atoms with E-state index in [1.807, 2.05) is 18.2 Å². The average molecular weight is 344 g/mol. The average Bonchev–Trinajstić information content (AvgIpc) is 3.12. The maximum absolute atomic E-state index is 12.7. The van der Waals surface area contributed by atoms with Crippen molar-refractivity contribution in [2.75, 3.05) is 16.8 Å². The van der Waals surface area contributed by atoms with Crippen LogP contribution in [0.15, 0.2) is 67.3 Å². The van der Waals surface area contributed by atoms with Gasteiger partial charge in [-0.3, -0.25) is 19.6 Å². The lowest BCUT2D eigenvalue weighted by Gasteiger charge is -2.17. The molecule has 128 valence electrons. The normalized spacial score (nSPS) is 12.5. The maximum Gasteiger partial charge on any atom is 0.259 e. The van der Waals surface area contributed by atoms with E-state index in [4.69, 9.17) is 0 Å². The molecule has 0 bridgehead atoms. The number of hydrogen-bond donors (Lipinski definition) is 1. The van der Waals surface area contributed by atoms with E-state index in [1.54, 1.807) is 47.8 Å². The number of carbonyl (C=O) groups excluding carboxylic acids is 2. The summed E-state index contributed by atoms with van der Waals surface area (Å²) in [5, 5.41) is 2.87. The van der Waals surface area contributed by atoms with Gasteiger partial charge in [0.1, 0.15) is 0 Å². The SMILES string of the molecule is O=C(Nc1ccc2c(c1)CCN2C(=O)c1cccnc1)c1cccnc1. The van der Waals surface area contributed by atoms with Crippen LogP contribution >= 0.6 is 0 Å². The Morgan fingerprint density at radius 1 is 0.962 bits per heavy atom. The van der Waals surface area contributed by atoms with E-state index >= 15 is 0 Å². The predicted octanol–water partition coefficient (Wildman–Crippen LogP) is 2.93. The van der Waals surface area contributed by atoms with Gasteiger partial charge in [0.15, 0.2) is 0 Å². The highest BCUT2D eigenvalue weighted by molar-refractivity contribution is 6.08. The fraction of sp³-hybridized carbons (Fsp3) is 0.100. The van der Waals surface area contributed by atoms with E-state index in [1.165, 1.54) is 6.20 Å². The van der Waals surface area contributed by atoms with Gasteiger partial charge in [0, 0.05) is 42.7 Å². The van der Waals surface area contributed by atoms with Gasteiger partial charge in [-0.15, -0.1) is 0 Å². The van der Waals surface area contributed by atoms with Crippen LogP contribution in [0.3, 0.4) is 0 Å². The van der Waals surface area contributed by atoms with Crippen molar-refractivity contribution in [2.45, 2.75) is 6.42 Å². The van der Waals surface area contributed by atoms with Gasteiger partial charge in [-0.25, -0.2) is 0 Å². The van der Waals surface area contributed by atoms with Gasteiger partial charge in [0.2, 0.25) is 0 Å². The molecule has 1 N–H and O–H groups in total. The van der Waals surface area contributed by atoms with E-state index in [-0.39, 0.29) is 11.8 Å². The highest BCUT2D eigenvalue weighted by Gasteiger charge is 2.26. The molecule has 1 aromatic carbocycles. The van der Waals surface area contributed by atoms with Crippen molar-refractivity contribution < 1.29 is 9.59 Å². The van der Waals surface area contributed by atoms with Crippen molar-refractivity contribution in [1.29, 1.82) is 0 Å². The molecule has 26 heavy (non-hydrogen) atoms. The fourth-order valence-electron chi connectivity index (χ4n) is 3.04. The van der Waals surface area contributed by atoms with Crippen LogP contribution in [0.1, 0.15) is 26.3 Å². The van der Waals surface area contributed by atoms with Crippen LogP contribution in [0.2, 0.25) is 0 Å². The number of pyridine rings is 2. The Morgan fingerprint density at radius 2 is 1.69 bits per heavy atom. The number of carbonyl (C=O) groups is 2. The fourth-order valence-corrected chi connectivity index (χ4v) is 3.04. The number of fused-ring (bicyclic) bond motifs is 1. The molecule has 3 aromatic rings. The zero-order valence-electron chi connectivity index (χ0n) is 13.9. The molecule has 3 heterocycles. The minimum atomic E-state index is -0.209. The smallest absolute Gasteiger partial charge is 0.259 e. The summed E-state index contributed by atoms with van der Waals surface area (Å²) in [4.78, 5) is 34.6. The topological polar surface area (TPSA) is 75.2 Å². The Kier molecular flexibility index (Phi) is 4.15. The molecule has 0 fully saturated rings. The lowest BCUT2D eigenvalue weighted by molar-refractivity contribution is 0.0987. The largest absolute Gasteiger partial charge is 0.322 e. The molecule has 0 radical (unpaired) electrons. The van der Waals surface area contributed by atoms with Crippen molar-refractivity contribution >= 4 is 23.2 Å². The summed E-state index contributed by atoms with van der Waals surface area (Å²) in [6, 6.07) is 12.5. The minimum Gasteiger partial charge on any atom is -0.322 e. The highest BCUT2D eigenvalue weighted by Crippen LogP contribution is 2.31. The molecule has 0 unspecified atom stereocenters. The van der Waals surface area contributed by atoms with Crippen molar-refractivity contribution in [3.05, 3.63) is 83.9 Å². The number of aromatic nitrogens is 2. The van der Waals surface area contributed by atoms with Crippen molar-refractivity contribution in [2.24, 2.45) is 0 Å². The summed E-state index contributed by atoms with van der Waals surface area (Å²) < 4.78 is 0. The molecule has 2 amide bonds. The third-order valence-electron chi connectivity index (χ3n) is 4.31. The quantitative estimate of drug-likeness (QED) is 0.793. The van der Waals surface area contributed by atoms with Gasteiger partial charge in [0.05, 0.1) is 11.1 Å². The third kappa shape index (κ3) is 3.04. The van der Waals surface area contributed by atoms with E-state index in [0.717, 1.165) is 17.7 Å². The second kappa shape index (κ2) is 6.76. The van der Waals surface area contributed by atoms with E-state index in [2.05, 4.69) is 15.3 Å². The third-order valence-corrected chi connectivity index (χ3v) is 4.31. The number of amides is 2. The molecule has 0 atom stereocenters. The maximum atomic E-state index is 12.7. The monoisotopic (exact) mass is 344 g/mol. The number of hydrogen-bond acceptors (Lipinski definition) is 4. The Bertz CT molecular complexity index is 958. The van der Waals surface area contributed by atoms with E-state index in [0.29, 0.717) is 23.4 Å². The molecule has 0 aliphatic carbocycles. The summed E-state index contributed by atoms with van der Waals surface area (Å²) in [7, 11) is 0. The molecular weight excluding hydrogens is 328 g/mol. The number of nitrogens with one attached hydrogen (secondary N) is 1. The number of rotatable bonds is 3. The molecule has 6 heteroatoms. The molecule has 1 aliphatic heterocycles. The summed E-state index contributed by atoms with van der Waals surface area (Å²) in [5.74, 6) is -0.275. The second-order valence-electron chi connectivity index (χ2n) is 5.99. The van der Waals surface area contributed by atoms with Crippen molar-refractivity contribution in [1.82, 2.24) is 9.97 Å². The first-order chi connectivity index (χ1) is 12.7. The molecule has 0 spiro atoms. The van der Waals surface area contributed by atoms with Gasteiger partial charge in [0.25, 0.3) is 11.8 Å². The van der Waals surface area contributed by atoms with Gasteiger partial charge in [-0.2, -0.15) is 0 Å². The zero-order valence-corrected chi connectivity index (χ0v) is 13.9. The van der Waals surface area contributed by atoms with Crippen LogP contribution in [-0.4, -0.2) is 28.3 Å². The number of nitrogens with zero attached hydrogens (tertiary/aromatic N) is 3. The van der Waals surface area contributed by atoms with Crippen molar-refractivity contribution in [3.8, 4) is 0 Å². The van der Waals surface area contributed by atoms with Crippen LogP contribution in [0.25, 0.3) is 0 Å².